The first-order valence-corrected chi connectivity index (χ1v) is 8.24. The van der Waals surface area contributed by atoms with E-state index in [1.54, 1.807) is 12.1 Å². The molecule has 0 aromatic heterocycles. The van der Waals surface area contributed by atoms with Crippen molar-refractivity contribution in [1.29, 1.82) is 0 Å². The van der Waals surface area contributed by atoms with Crippen LogP contribution in [0.2, 0.25) is 0 Å². The molecule has 2 aromatic carbocycles. The van der Waals surface area contributed by atoms with E-state index in [-0.39, 0.29) is 5.75 Å². The molecular weight excluding hydrogens is 272 g/mol. The van der Waals surface area contributed by atoms with E-state index in [0.29, 0.717) is 17.9 Å². The van der Waals surface area contributed by atoms with Gasteiger partial charge in [-0.05, 0) is 25.1 Å². The van der Waals surface area contributed by atoms with Gasteiger partial charge in [-0.25, -0.2) is 8.42 Å². The molecule has 0 atom stereocenters. The molecule has 0 aliphatic heterocycles. The highest BCUT2D eigenvalue weighted by atomic mass is 32.2. The van der Waals surface area contributed by atoms with E-state index in [4.69, 9.17) is 5.73 Å². The van der Waals surface area contributed by atoms with Crippen molar-refractivity contribution in [2.75, 3.05) is 31.3 Å². The number of sulfone groups is 1. The van der Waals surface area contributed by atoms with E-state index >= 15 is 0 Å². The van der Waals surface area contributed by atoms with Crippen LogP contribution in [0.25, 0.3) is 10.8 Å². The summed E-state index contributed by atoms with van der Waals surface area (Å²) in [7, 11) is 0.608. The Morgan fingerprint density at radius 1 is 1.05 bits per heavy atom. The van der Waals surface area contributed by atoms with Crippen LogP contribution in [0.1, 0.15) is 6.42 Å². The summed E-state index contributed by atoms with van der Waals surface area (Å²) in [5, 5.41) is 1.72. The molecule has 20 heavy (non-hydrogen) atoms. The maximum Gasteiger partial charge on any atom is 0.179 e. The number of anilines is 1. The average Bonchev–Trinajstić information content (AvgIpc) is 2.43. The lowest BCUT2D eigenvalue weighted by Crippen LogP contribution is -2.13. The molecule has 0 heterocycles. The van der Waals surface area contributed by atoms with Crippen molar-refractivity contribution in [2.45, 2.75) is 11.3 Å². The van der Waals surface area contributed by atoms with E-state index in [2.05, 4.69) is 0 Å². The largest absolute Gasteiger partial charge is 0.377 e. The smallest absolute Gasteiger partial charge is 0.179 e. The second-order valence-corrected chi connectivity index (χ2v) is 7.06. The van der Waals surface area contributed by atoms with Crippen molar-refractivity contribution in [3.05, 3.63) is 36.4 Å². The Balaban J connectivity index is 2.64. The van der Waals surface area contributed by atoms with Crippen molar-refractivity contribution < 1.29 is 8.42 Å². The maximum atomic E-state index is 12.4. The van der Waals surface area contributed by atoms with E-state index in [9.17, 15) is 8.42 Å². The molecule has 0 saturated carbocycles. The molecule has 0 unspecified atom stereocenters. The lowest BCUT2D eigenvalue weighted by Gasteiger charge is -2.16. The number of nitrogens with two attached hydrogens (primary N) is 1. The van der Waals surface area contributed by atoms with E-state index in [1.165, 1.54) is 0 Å². The van der Waals surface area contributed by atoms with Crippen molar-refractivity contribution in [2.24, 2.45) is 5.73 Å². The Kier molecular flexibility index (Phi) is 4.30. The van der Waals surface area contributed by atoms with Crippen LogP contribution in [0.5, 0.6) is 0 Å². The molecule has 0 fully saturated rings. The third-order valence-corrected chi connectivity index (χ3v) is 5.15. The molecular formula is C15H20N2O2S. The number of fused-ring (bicyclic) bond motifs is 1. The predicted molar refractivity (Wildman–Crippen MR) is 84.0 cm³/mol. The van der Waals surface area contributed by atoms with Gasteiger partial charge in [0.25, 0.3) is 0 Å². The van der Waals surface area contributed by atoms with Crippen LogP contribution in [-0.2, 0) is 9.84 Å². The summed E-state index contributed by atoms with van der Waals surface area (Å²) in [5.74, 6) is 0.0921. The second kappa shape index (κ2) is 5.81. The van der Waals surface area contributed by atoms with Crippen LogP contribution in [0, 0.1) is 0 Å². The zero-order valence-corrected chi connectivity index (χ0v) is 12.7. The SMILES string of the molecule is CN(C)c1cccc2c(S(=O)(=O)CCCN)cccc12. The Bertz CT molecular complexity index is 709. The van der Waals surface area contributed by atoms with Gasteiger partial charge in [0.15, 0.2) is 9.84 Å². The van der Waals surface area contributed by atoms with E-state index in [1.807, 2.05) is 43.3 Å². The highest BCUT2D eigenvalue weighted by Crippen LogP contribution is 2.30. The fourth-order valence-electron chi connectivity index (χ4n) is 2.31. The van der Waals surface area contributed by atoms with Gasteiger partial charge in [-0.1, -0.05) is 24.3 Å². The average molecular weight is 292 g/mol. The first-order valence-electron chi connectivity index (χ1n) is 6.59. The lowest BCUT2D eigenvalue weighted by atomic mass is 10.1. The zero-order valence-electron chi connectivity index (χ0n) is 11.8. The Hall–Kier alpha value is -1.59. The molecule has 0 bridgehead atoms. The van der Waals surface area contributed by atoms with Gasteiger partial charge in [-0.3, -0.25) is 0 Å². The zero-order chi connectivity index (χ0) is 14.8. The topological polar surface area (TPSA) is 63.4 Å². The summed E-state index contributed by atoms with van der Waals surface area (Å²) in [6.45, 7) is 0.382. The molecule has 2 rings (SSSR count). The Morgan fingerprint density at radius 2 is 1.70 bits per heavy atom. The molecule has 2 aromatic rings. The Morgan fingerprint density at radius 3 is 2.35 bits per heavy atom. The molecule has 0 aliphatic carbocycles. The third kappa shape index (κ3) is 2.78. The van der Waals surface area contributed by atoms with E-state index < -0.39 is 9.84 Å². The summed E-state index contributed by atoms with van der Waals surface area (Å²) in [4.78, 5) is 2.38. The van der Waals surface area contributed by atoms with Gasteiger partial charge in [0.2, 0.25) is 0 Å². The van der Waals surface area contributed by atoms with E-state index in [0.717, 1.165) is 16.5 Å². The first-order chi connectivity index (χ1) is 9.47. The van der Waals surface area contributed by atoms with Crippen LogP contribution in [0.15, 0.2) is 41.3 Å². The fourth-order valence-corrected chi connectivity index (χ4v) is 3.87. The van der Waals surface area contributed by atoms with Crippen molar-refractivity contribution in [3.63, 3.8) is 0 Å². The monoisotopic (exact) mass is 292 g/mol. The van der Waals surface area contributed by atoms with Crippen molar-refractivity contribution in [1.82, 2.24) is 0 Å². The standard InChI is InChI=1S/C15H20N2O2S/c1-17(2)14-8-3-7-13-12(14)6-4-9-15(13)20(18,19)11-5-10-16/h3-4,6-9H,5,10-11,16H2,1-2H3. The van der Waals surface area contributed by atoms with Crippen LogP contribution in [0.3, 0.4) is 0 Å². The number of nitrogens with zero attached hydrogens (tertiary/aromatic N) is 1. The van der Waals surface area contributed by atoms with Gasteiger partial charge in [0.1, 0.15) is 0 Å². The third-order valence-electron chi connectivity index (χ3n) is 3.29. The molecule has 0 saturated heterocycles. The highest BCUT2D eigenvalue weighted by molar-refractivity contribution is 7.91. The molecule has 5 heteroatoms. The highest BCUT2D eigenvalue weighted by Gasteiger charge is 2.17. The number of hydrogen-bond donors (Lipinski definition) is 1. The minimum atomic E-state index is -3.29. The summed E-state index contributed by atoms with van der Waals surface area (Å²) in [6.07, 6.45) is 0.478. The van der Waals surface area contributed by atoms with Gasteiger partial charge >= 0.3 is 0 Å². The lowest BCUT2D eigenvalue weighted by molar-refractivity contribution is 0.594. The summed E-state index contributed by atoms with van der Waals surface area (Å²) in [5.41, 5.74) is 6.43. The molecule has 108 valence electrons. The number of rotatable bonds is 5. The second-order valence-electron chi connectivity index (χ2n) is 4.98. The maximum absolute atomic E-state index is 12.4. The van der Waals surface area contributed by atoms with Gasteiger partial charge < -0.3 is 10.6 Å². The van der Waals surface area contributed by atoms with Gasteiger partial charge in [0.05, 0.1) is 10.6 Å². The molecule has 0 aliphatic rings. The van der Waals surface area contributed by atoms with Crippen molar-refractivity contribution >= 4 is 26.3 Å². The minimum Gasteiger partial charge on any atom is -0.377 e. The van der Waals surface area contributed by atoms with Crippen LogP contribution in [-0.4, -0.2) is 34.8 Å². The van der Waals surface area contributed by atoms with Crippen molar-refractivity contribution in [3.8, 4) is 0 Å². The number of hydrogen-bond acceptors (Lipinski definition) is 4. The van der Waals surface area contributed by atoms with Gasteiger partial charge in [-0.15, -0.1) is 0 Å². The van der Waals surface area contributed by atoms with Crippen LogP contribution in [0.4, 0.5) is 5.69 Å². The molecule has 4 nitrogen and oxygen atoms in total. The van der Waals surface area contributed by atoms with Crippen LogP contribution >= 0.6 is 0 Å². The quantitative estimate of drug-likeness (QED) is 0.916. The fraction of sp³-hybridized carbons (Fsp3) is 0.333. The summed E-state index contributed by atoms with van der Waals surface area (Å²) >= 11 is 0. The molecule has 2 N–H and O–H groups in total. The number of benzene rings is 2. The molecule has 0 spiro atoms. The van der Waals surface area contributed by atoms with Gasteiger partial charge in [-0.2, -0.15) is 0 Å². The Labute approximate surface area is 120 Å². The summed E-state index contributed by atoms with van der Waals surface area (Å²) in [6, 6.07) is 11.2. The predicted octanol–water partition coefficient (Wildman–Crippen LogP) is 2.03. The van der Waals surface area contributed by atoms with Gasteiger partial charge in [0, 0.05) is 30.6 Å². The normalized spacial score (nSPS) is 11.8. The molecule has 0 amide bonds. The molecule has 0 radical (unpaired) electrons. The van der Waals surface area contributed by atoms with Crippen LogP contribution < -0.4 is 10.6 Å². The minimum absolute atomic E-state index is 0.0921. The first kappa shape index (κ1) is 14.8. The summed E-state index contributed by atoms with van der Waals surface area (Å²) < 4.78 is 24.8.